The fourth-order valence-electron chi connectivity index (χ4n) is 1.53. The molecule has 3 heteroatoms. The number of hydrogen-bond acceptors (Lipinski definition) is 3. The van der Waals surface area contributed by atoms with Gasteiger partial charge in [0.05, 0.1) is 12.7 Å². The third kappa shape index (κ3) is 3.90. The van der Waals surface area contributed by atoms with E-state index in [0.29, 0.717) is 13.2 Å². The maximum Gasteiger partial charge on any atom is 0.0947 e. The molecular weight excluding hydrogens is 190 g/mol. The molecule has 0 aromatic heterocycles. The van der Waals surface area contributed by atoms with E-state index in [0.717, 1.165) is 5.69 Å². The van der Waals surface area contributed by atoms with Gasteiger partial charge in [-0.2, -0.15) is 0 Å². The number of hydrogen-bond donors (Lipinski definition) is 1. The Morgan fingerprint density at radius 1 is 1.47 bits per heavy atom. The highest BCUT2D eigenvalue weighted by Gasteiger charge is 2.08. The van der Waals surface area contributed by atoms with E-state index >= 15 is 0 Å². The smallest absolute Gasteiger partial charge is 0.0947 e. The summed E-state index contributed by atoms with van der Waals surface area (Å²) in [6.07, 6.45) is -0.444. The van der Waals surface area contributed by atoms with Gasteiger partial charge in [-0.05, 0) is 24.6 Å². The highest BCUT2D eigenvalue weighted by molar-refractivity contribution is 5.47. The molecule has 0 heterocycles. The van der Waals surface area contributed by atoms with Crippen molar-refractivity contribution < 1.29 is 9.84 Å². The van der Waals surface area contributed by atoms with E-state index in [4.69, 9.17) is 4.74 Å². The second kappa shape index (κ2) is 5.73. The summed E-state index contributed by atoms with van der Waals surface area (Å²) in [4.78, 5) is 2.02. The van der Waals surface area contributed by atoms with Crippen LogP contribution < -0.4 is 4.90 Å². The van der Waals surface area contributed by atoms with Gasteiger partial charge in [0.1, 0.15) is 0 Å². The molecule has 0 bridgehead atoms. The number of ether oxygens (including phenoxy) is 1. The Kier molecular flexibility index (Phi) is 4.59. The van der Waals surface area contributed by atoms with Crippen LogP contribution in [0.2, 0.25) is 0 Å². The van der Waals surface area contributed by atoms with Crippen molar-refractivity contribution in [2.45, 2.75) is 13.0 Å². The van der Waals surface area contributed by atoms with Crippen LogP contribution in [0.4, 0.5) is 5.69 Å². The van der Waals surface area contributed by atoms with Crippen molar-refractivity contribution in [2.75, 3.05) is 32.2 Å². The molecule has 1 N–H and O–H groups in total. The lowest BCUT2D eigenvalue weighted by Crippen LogP contribution is -2.31. The zero-order valence-corrected chi connectivity index (χ0v) is 9.60. The third-order valence-corrected chi connectivity index (χ3v) is 2.29. The molecule has 0 fully saturated rings. The Balaban J connectivity index is 2.56. The van der Waals surface area contributed by atoms with E-state index in [-0.39, 0.29) is 0 Å². The molecular formula is C12H19NO2. The molecule has 15 heavy (non-hydrogen) atoms. The first kappa shape index (κ1) is 12.0. The first-order chi connectivity index (χ1) is 7.13. The van der Waals surface area contributed by atoms with E-state index in [9.17, 15) is 5.11 Å². The monoisotopic (exact) mass is 209 g/mol. The Hall–Kier alpha value is -1.06. The van der Waals surface area contributed by atoms with Gasteiger partial charge in [0.15, 0.2) is 0 Å². The average molecular weight is 209 g/mol. The molecule has 1 rings (SSSR count). The van der Waals surface area contributed by atoms with Crippen LogP contribution in [0, 0.1) is 6.92 Å². The van der Waals surface area contributed by atoms with Gasteiger partial charge in [-0.15, -0.1) is 0 Å². The minimum atomic E-state index is -0.444. The minimum absolute atomic E-state index is 0.371. The van der Waals surface area contributed by atoms with Crippen LogP contribution in [0.25, 0.3) is 0 Å². The minimum Gasteiger partial charge on any atom is -0.389 e. The number of methoxy groups -OCH3 is 1. The molecule has 0 aliphatic rings. The summed E-state index contributed by atoms with van der Waals surface area (Å²) < 4.78 is 4.89. The standard InChI is InChI=1S/C12H19NO2/c1-10-5-4-6-11(7-10)13(2)8-12(14)9-15-3/h4-7,12,14H,8-9H2,1-3H3. The average Bonchev–Trinajstić information content (AvgIpc) is 2.18. The number of anilines is 1. The lowest BCUT2D eigenvalue weighted by Gasteiger charge is -2.22. The van der Waals surface area contributed by atoms with Crippen molar-refractivity contribution in [2.24, 2.45) is 0 Å². The van der Waals surface area contributed by atoms with Gasteiger partial charge in [-0.1, -0.05) is 12.1 Å². The molecule has 0 aliphatic carbocycles. The molecule has 84 valence electrons. The van der Waals surface area contributed by atoms with Gasteiger partial charge in [0.2, 0.25) is 0 Å². The summed E-state index contributed by atoms with van der Waals surface area (Å²) in [5, 5.41) is 9.58. The van der Waals surface area contributed by atoms with Crippen LogP contribution in [0.3, 0.4) is 0 Å². The molecule has 1 aromatic carbocycles. The Bertz CT molecular complexity index is 301. The number of rotatable bonds is 5. The highest BCUT2D eigenvalue weighted by Crippen LogP contribution is 2.14. The first-order valence-electron chi connectivity index (χ1n) is 5.08. The van der Waals surface area contributed by atoms with E-state index in [2.05, 4.69) is 19.1 Å². The van der Waals surface area contributed by atoms with Crippen molar-refractivity contribution in [1.29, 1.82) is 0 Å². The van der Waals surface area contributed by atoms with Gasteiger partial charge in [0, 0.05) is 26.4 Å². The maximum atomic E-state index is 9.58. The normalized spacial score (nSPS) is 12.5. The summed E-state index contributed by atoms with van der Waals surface area (Å²) in [6.45, 7) is 3.01. The SMILES string of the molecule is COCC(O)CN(C)c1cccc(C)c1. The van der Waals surface area contributed by atoms with Crippen LogP contribution >= 0.6 is 0 Å². The van der Waals surface area contributed by atoms with Crippen LogP contribution in [0.5, 0.6) is 0 Å². The molecule has 1 atom stereocenters. The summed E-state index contributed by atoms with van der Waals surface area (Å²) in [7, 11) is 3.56. The number of aliphatic hydroxyl groups excluding tert-OH is 1. The molecule has 0 aliphatic heterocycles. The first-order valence-corrected chi connectivity index (χ1v) is 5.08. The molecule has 3 nitrogen and oxygen atoms in total. The molecule has 0 amide bonds. The molecule has 1 aromatic rings. The fourth-order valence-corrected chi connectivity index (χ4v) is 1.53. The van der Waals surface area contributed by atoms with Gasteiger partial charge in [-0.25, -0.2) is 0 Å². The largest absolute Gasteiger partial charge is 0.389 e. The maximum absolute atomic E-state index is 9.58. The van der Waals surface area contributed by atoms with Gasteiger partial charge >= 0.3 is 0 Å². The highest BCUT2D eigenvalue weighted by atomic mass is 16.5. The molecule has 0 radical (unpaired) electrons. The van der Waals surface area contributed by atoms with Gasteiger partial charge < -0.3 is 14.7 Å². The van der Waals surface area contributed by atoms with Crippen molar-refractivity contribution >= 4 is 5.69 Å². The fraction of sp³-hybridized carbons (Fsp3) is 0.500. The van der Waals surface area contributed by atoms with Gasteiger partial charge in [0.25, 0.3) is 0 Å². The number of benzene rings is 1. The quantitative estimate of drug-likeness (QED) is 0.796. The van der Waals surface area contributed by atoms with E-state index < -0.39 is 6.10 Å². The number of aryl methyl sites for hydroxylation is 1. The second-order valence-electron chi connectivity index (χ2n) is 3.83. The summed E-state index contributed by atoms with van der Waals surface area (Å²) in [5.41, 5.74) is 2.34. The molecule has 0 spiro atoms. The van der Waals surface area contributed by atoms with E-state index in [1.165, 1.54) is 5.56 Å². The topological polar surface area (TPSA) is 32.7 Å². The zero-order chi connectivity index (χ0) is 11.3. The third-order valence-electron chi connectivity index (χ3n) is 2.29. The van der Waals surface area contributed by atoms with Crippen LogP contribution in [-0.2, 0) is 4.74 Å². The van der Waals surface area contributed by atoms with Crippen LogP contribution in [-0.4, -0.2) is 38.5 Å². The lowest BCUT2D eigenvalue weighted by molar-refractivity contribution is 0.0695. The zero-order valence-electron chi connectivity index (χ0n) is 9.60. The Morgan fingerprint density at radius 2 is 2.20 bits per heavy atom. The molecule has 0 saturated heterocycles. The second-order valence-corrected chi connectivity index (χ2v) is 3.83. The van der Waals surface area contributed by atoms with Crippen molar-refractivity contribution in [3.63, 3.8) is 0 Å². The van der Waals surface area contributed by atoms with Gasteiger partial charge in [-0.3, -0.25) is 0 Å². The Labute approximate surface area is 91.3 Å². The number of nitrogens with zero attached hydrogens (tertiary/aromatic N) is 1. The van der Waals surface area contributed by atoms with Crippen LogP contribution in [0.15, 0.2) is 24.3 Å². The summed E-state index contributed by atoms with van der Waals surface area (Å²) in [5.74, 6) is 0. The summed E-state index contributed by atoms with van der Waals surface area (Å²) in [6, 6.07) is 8.21. The van der Waals surface area contributed by atoms with Crippen molar-refractivity contribution in [3.05, 3.63) is 29.8 Å². The predicted molar refractivity (Wildman–Crippen MR) is 62.3 cm³/mol. The van der Waals surface area contributed by atoms with E-state index in [1.54, 1.807) is 7.11 Å². The molecule has 1 unspecified atom stereocenters. The molecule has 0 saturated carbocycles. The van der Waals surface area contributed by atoms with E-state index in [1.807, 2.05) is 24.1 Å². The predicted octanol–water partition coefficient (Wildman–Crippen LogP) is 1.44. The van der Waals surface area contributed by atoms with Crippen LogP contribution in [0.1, 0.15) is 5.56 Å². The number of likely N-dealkylation sites (N-methyl/N-ethyl adjacent to an activating group) is 1. The summed E-state index contributed by atoms with van der Waals surface area (Å²) >= 11 is 0. The lowest BCUT2D eigenvalue weighted by atomic mass is 10.2. The number of aliphatic hydroxyl groups is 1. The van der Waals surface area contributed by atoms with Crippen molar-refractivity contribution in [3.8, 4) is 0 Å². The van der Waals surface area contributed by atoms with Crippen molar-refractivity contribution in [1.82, 2.24) is 0 Å². The Morgan fingerprint density at radius 3 is 2.80 bits per heavy atom.